The minimum Gasteiger partial charge on any atom is -0.444 e. The molecule has 7 fully saturated rings. The zero-order valence-electron chi connectivity index (χ0n) is 81.8. The van der Waals surface area contributed by atoms with Crippen LogP contribution in [-0.2, 0) is 94.8 Å². The molecule has 4 aromatic carbocycles. The van der Waals surface area contributed by atoms with E-state index in [1.165, 1.54) is 41.3 Å². The molecule has 11 amide bonds. The van der Waals surface area contributed by atoms with Crippen LogP contribution in [0.4, 0.5) is 14.4 Å². The van der Waals surface area contributed by atoms with Gasteiger partial charge in [-0.15, -0.1) is 12.4 Å². The maximum atomic E-state index is 13.1. The summed E-state index contributed by atoms with van der Waals surface area (Å²) < 4.78 is 46.4. The number of imide groups is 4. The maximum absolute atomic E-state index is 13.1. The largest absolute Gasteiger partial charge is 0.490 e. The number of benzene rings is 4. The molecule has 0 saturated carbocycles. The van der Waals surface area contributed by atoms with Crippen LogP contribution in [0.15, 0.2) is 120 Å². The van der Waals surface area contributed by atoms with Gasteiger partial charge in [0.1, 0.15) is 41.0 Å². The molecule has 14 heterocycles. The van der Waals surface area contributed by atoms with Crippen molar-refractivity contribution in [1.82, 2.24) is 77.8 Å². The number of imidazole rings is 4. The molecular formula is C97H130BBrClN16O21P. The van der Waals surface area contributed by atoms with Crippen LogP contribution in [-0.4, -0.2) is 217 Å². The SMILES string of the molecule is C1CCOC1.CC(C)(C)OC(=O)N1CC=C(B2OC(C)(C)C(C)(C)O2)CC1.Cl.Cn1c(=O)n(C2CCC(=O)NC2=O)c2cccc(Br)c21.Cn1c(=O)n(C2CCC(=O)NC2=O)c2cccc(C3=CCN(C(=O)OC(C)(C)C)CC3)c21.Cn1c(=O)n(C2CCC(=O)NC2=O)c2cccc(C3=CCNCC3)c21.Cn1c(=O)n(C2CCC(=O)NC2=O)c2cccc(C3CCN(C(=O)OC(C)(C)C)CC3)c21.P. The van der Waals surface area contributed by atoms with Crippen LogP contribution in [0, 0.1) is 0 Å². The first-order chi connectivity index (χ1) is 64.1. The first-order valence-electron chi connectivity index (χ1n) is 46.6. The Morgan fingerprint density at radius 1 is 0.420 bits per heavy atom. The molecule has 746 valence electrons. The number of nitrogens with zero attached hydrogens (tertiary/aromatic N) is 11. The Labute approximate surface area is 818 Å². The number of halogens is 2. The van der Waals surface area contributed by atoms with E-state index in [1.54, 1.807) is 62.7 Å². The van der Waals surface area contributed by atoms with Gasteiger partial charge in [0.05, 0.1) is 55.3 Å². The number of amides is 11. The number of rotatable bonds is 8. The summed E-state index contributed by atoms with van der Waals surface area (Å²) in [5.74, 6) is -2.73. The molecule has 5 unspecified atom stereocenters. The van der Waals surface area contributed by atoms with E-state index in [1.807, 2.05) is 169 Å². The van der Waals surface area contributed by atoms with Gasteiger partial charge >= 0.3 is 48.2 Å². The van der Waals surface area contributed by atoms with Crippen molar-refractivity contribution in [1.29, 1.82) is 0 Å². The molecule has 0 radical (unpaired) electrons. The second kappa shape index (κ2) is 44.0. The molecule has 8 aromatic rings. The van der Waals surface area contributed by atoms with Crippen molar-refractivity contribution in [2.24, 2.45) is 28.2 Å². The predicted octanol–water partition coefficient (Wildman–Crippen LogP) is 11.0. The van der Waals surface area contributed by atoms with Crippen LogP contribution in [0.3, 0.4) is 0 Å². The number of para-hydroxylation sites is 4. The summed E-state index contributed by atoms with van der Waals surface area (Å²) >= 11 is 3.42. The van der Waals surface area contributed by atoms with E-state index in [0.717, 1.165) is 112 Å². The average Bonchev–Trinajstić information content (AvgIpc) is 1.61. The smallest absolute Gasteiger partial charge is 0.444 e. The van der Waals surface area contributed by atoms with Gasteiger partial charge in [0.15, 0.2) is 0 Å². The summed E-state index contributed by atoms with van der Waals surface area (Å²) in [6.45, 7) is 31.9. The predicted molar refractivity (Wildman–Crippen MR) is 533 cm³/mol. The molecule has 37 nitrogen and oxygen atoms in total. The third-order valence-electron chi connectivity index (χ3n) is 26.0. The van der Waals surface area contributed by atoms with E-state index in [2.05, 4.69) is 48.6 Å². The first-order valence-corrected chi connectivity index (χ1v) is 47.4. The van der Waals surface area contributed by atoms with Crippen molar-refractivity contribution in [3.8, 4) is 0 Å². The zero-order chi connectivity index (χ0) is 98.7. The van der Waals surface area contributed by atoms with Gasteiger partial charge in [-0.3, -0.25) is 96.2 Å². The summed E-state index contributed by atoms with van der Waals surface area (Å²) in [6.07, 6.45) is 13.8. The summed E-state index contributed by atoms with van der Waals surface area (Å²) in [5.41, 5.74) is 8.93. The molecular weight excluding hydrogens is 1880 g/mol. The molecule has 0 spiro atoms. The molecule has 0 bridgehead atoms. The zero-order valence-corrected chi connectivity index (χ0v) is 85.6. The minimum absolute atomic E-state index is 0. The number of fused-ring (bicyclic) bond motifs is 4. The van der Waals surface area contributed by atoms with E-state index in [4.69, 9.17) is 28.3 Å². The Morgan fingerprint density at radius 3 is 1.12 bits per heavy atom. The fourth-order valence-electron chi connectivity index (χ4n) is 18.4. The van der Waals surface area contributed by atoms with Gasteiger partial charge in [-0.25, -0.2) is 33.6 Å². The van der Waals surface area contributed by atoms with Gasteiger partial charge in [-0.1, -0.05) is 60.7 Å². The number of likely N-dealkylation sites (tertiary alicyclic amines) is 1. The Bertz CT molecular complexity index is 6370. The lowest BCUT2D eigenvalue weighted by atomic mass is 9.75. The van der Waals surface area contributed by atoms with Crippen molar-refractivity contribution in [2.75, 3.05) is 65.6 Å². The van der Waals surface area contributed by atoms with E-state index in [9.17, 15) is 71.9 Å². The highest BCUT2D eigenvalue weighted by molar-refractivity contribution is 9.10. The monoisotopic (exact) mass is 2010 g/mol. The minimum atomic E-state index is -0.720. The molecule has 4 aromatic heterocycles. The number of carbonyl (C=O) groups excluding carboxylic acids is 11. The number of aryl methyl sites for hydroxylation is 4. The highest BCUT2D eigenvalue weighted by atomic mass is 79.9. The van der Waals surface area contributed by atoms with Gasteiger partial charge in [0.2, 0.25) is 47.3 Å². The summed E-state index contributed by atoms with van der Waals surface area (Å²) in [5, 5.41) is 12.6. The van der Waals surface area contributed by atoms with Crippen molar-refractivity contribution < 1.29 is 81.0 Å². The Hall–Kier alpha value is -11.3. The number of nitrogens with one attached hydrogen (secondary N) is 5. The van der Waals surface area contributed by atoms with Crippen LogP contribution in [0.1, 0.15) is 233 Å². The van der Waals surface area contributed by atoms with Gasteiger partial charge < -0.3 is 48.3 Å². The molecule has 7 saturated heterocycles. The topological polar surface area (TPSA) is 421 Å². The summed E-state index contributed by atoms with van der Waals surface area (Å²) in [7, 11) is 6.49. The lowest BCUT2D eigenvalue weighted by molar-refractivity contribution is -0.137. The van der Waals surface area contributed by atoms with Gasteiger partial charge in [-0.2, -0.15) is 9.90 Å². The lowest BCUT2D eigenvalue weighted by Crippen LogP contribution is -2.44. The third kappa shape index (κ3) is 24.0. The number of hydrogen-bond acceptors (Lipinski definition) is 22. The molecule has 5 N–H and O–H groups in total. The van der Waals surface area contributed by atoms with Crippen LogP contribution < -0.4 is 49.3 Å². The molecule has 5 atom stereocenters. The molecule has 10 aliphatic heterocycles. The van der Waals surface area contributed by atoms with Crippen LogP contribution in [0.5, 0.6) is 0 Å². The molecule has 10 aliphatic rings. The molecule has 41 heteroatoms. The molecule has 138 heavy (non-hydrogen) atoms. The molecule has 0 aliphatic carbocycles. The van der Waals surface area contributed by atoms with E-state index >= 15 is 0 Å². The fraction of sp³-hybridized carbons (Fsp3) is 0.536. The van der Waals surface area contributed by atoms with Gasteiger partial charge in [0.25, 0.3) is 0 Å². The van der Waals surface area contributed by atoms with E-state index < -0.39 is 64.6 Å². The summed E-state index contributed by atoms with van der Waals surface area (Å²) in [4.78, 5) is 188. The fourth-order valence-corrected chi connectivity index (χ4v) is 19.0. The Kier molecular flexibility index (Phi) is 34.1. The van der Waals surface area contributed by atoms with Crippen molar-refractivity contribution in [3.05, 3.63) is 160 Å². The second-order valence-corrected chi connectivity index (χ2v) is 40.4. The van der Waals surface area contributed by atoms with Gasteiger partial charge in [-0.05, 0) is 242 Å². The van der Waals surface area contributed by atoms with Crippen LogP contribution in [0.25, 0.3) is 55.3 Å². The highest BCUT2D eigenvalue weighted by Crippen LogP contribution is 2.42. The van der Waals surface area contributed by atoms with Gasteiger partial charge in [0, 0.05) is 129 Å². The second-order valence-electron chi connectivity index (χ2n) is 39.6. The van der Waals surface area contributed by atoms with Crippen molar-refractivity contribution >= 4 is 166 Å². The van der Waals surface area contributed by atoms with Crippen LogP contribution in [0.2, 0.25) is 0 Å². The van der Waals surface area contributed by atoms with E-state index in [0.29, 0.717) is 87.9 Å². The number of aromatic nitrogens is 8. The first kappa shape index (κ1) is 107. The number of carbonyl (C=O) groups is 11. The number of hydrogen-bond donors (Lipinski definition) is 5. The Morgan fingerprint density at radius 2 is 0.768 bits per heavy atom. The number of piperidine rings is 5. The number of ether oxygens (including phenoxy) is 4. The highest BCUT2D eigenvalue weighted by Gasteiger charge is 2.53. The maximum Gasteiger partial charge on any atom is 0.490 e. The lowest BCUT2D eigenvalue weighted by Gasteiger charge is -2.33. The average molecular weight is 2010 g/mol. The van der Waals surface area contributed by atoms with Crippen LogP contribution >= 0.6 is 38.2 Å². The molecule has 18 rings (SSSR count). The summed E-state index contributed by atoms with van der Waals surface area (Å²) in [6, 6.07) is 20.0. The normalized spacial score (nSPS) is 20.7. The standard InChI is InChI=1S/C23H30N4O5.C23H28N4O5.C18H20N4O3.C16H28BNO4.C13H12BrN3O3.C4H8O.ClH.H3P/c2*1-23(2,3)32-22(31)26-12-10-14(11-13-26)15-6-5-7-16-19(15)25(4)21(30)27(16)17-8-9-18(28)24-20(17)29;1-21-16-12(11-7-9-19-10-8-11)3-2-4-13(16)22(18(21)25)14-5-6-15(23)20-17(14)24;1-14(2,3)20-13(19)18-10-8-12(9-11-18)17-21-15(4,5)16(6,7)22-17;1-16-11-7(14)3-2-4-8(11)17(13(16)20)9-5-6-10(18)15-12(9)19;1-2-4-5-3-1;;/h5-7,14,17H,8-13H2,1-4H3,(H,24,28,29);5-7,10,17H,8-9,11-13H2,1-4H3,(H,24,28,29);2-4,7,14,19H,5-6,8-10H2,1H3,(H,20,23,24);8H,9-11H2,1-7H3;2-4,9H,5-6H2,1H3,(H,15,18,19);1-4H2;1H;1H3. The van der Waals surface area contributed by atoms with Crippen molar-refractivity contribution in [2.45, 2.75) is 244 Å². The van der Waals surface area contributed by atoms with E-state index in [-0.39, 0.29) is 137 Å². The Balaban J connectivity index is 0.000000164. The quantitative estimate of drug-likeness (QED) is 0.0408. The third-order valence-corrected chi connectivity index (χ3v) is 26.6. The van der Waals surface area contributed by atoms with Crippen molar-refractivity contribution in [3.63, 3.8) is 0 Å².